The highest BCUT2D eigenvalue weighted by Crippen LogP contribution is 2.38. The van der Waals surface area contributed by atoms with E-state index in [2.05, 4.69) is 20.5 Å². The number of rotatable bonds is 5. The number of hydrogen-bond donors (Lipinski definition) is 4. The summed E-state index contributed by atoms with van der Waals surface area (Å²) in [7, 11) is 0. The molecule has 0 fully saturated rings. The lowest BCUT2D eigenvalue weighted by Crippen LogP contribution is -2.37. The largest absolute Gasteiger partial charge is 0.490 e. The van der Waals surface area contributed by atoms with Gasteiger partial charge in [0, 0.05) is 23.1 Å². The van der Waals surface area contributed by atoms with E-state index in [1.807, 2.05) is 79.0 Å². The molecule has 1 aromatic heterocycles. The van der Waals surface area contributed by atoms with Crippen LogP contribution in [0.4, 0.5) is 21.9 Å². The first kappa shape index (κ1) is 20.0. The Labute approximate surface area is 185 Å². The number of aromatic nitrogens is 1. The maximum absolute atomic E-state index is 12.6. The number of aliphatic hydroxyl groups excluding tert-OH is 1. The number of benzene rings is 3. The average molecular weight is 428 g/mol. The summed E-state index contributed by atoms with van der Waals surface area (Å²) < 4.78 is 5.82. The maximum Gasteiger partial charge on any atom is 0.323 e. The second kappa shape index (κ2) is 8.64. The molecular weight excluding hydrogens is 404 g/mol. The summed E-state index contributed by atoms with van der Waals surface area (Å²) in [5.74, 6) is 0.730. The molecule has 0 aliphatic carbocycles. The minimum Gasteiger partial charge on any atom is -0.490 e. The maximum atomic E-state index is 12.6. The summed E-state index contributed by atoms with van der Waals surface area (Å²) in [6, 6.07) is 22.6. The van der Waals surface area contributed by atoms with Crippen molar-refractivity contribution in [1.29, 1.82) is 0 Å². The number of carbonyl (C=O) groups excluding carboxylic acids is 1. The zero-order chi connectivity index (χ0) is 21.9. The Morgan fingerprint density at radius 2 is 1.81 bits per heavy atom. The number of nitrogens with one attached hydrogen (secondary N) is 3. The number of nitrogens with zero attached hydrogens (tertiary/aromatic N) is 1. The number of aliphatic hydroxyl groups is 1. The summed E-state index contributed by atoms with van der Waals surface area (Å²) in [5.41, 5.74) is 4.16. The summed E-state index contributed by atoms with van der Waals surface area (Å²) >= 11 is 0. The van der Waals surface area contributed by atoms with Gasteiger partial charge in [-0.05, 0) is 47.3 Å². The molecule has 1 aliphatic heterocycles. The van der Waals surface area contributed by atoms with Crippen LogP contribution in [-0.2, 0) is 0 Å². The van der Waals surface area contributed by atoms with Crippen molar-refractivity contribution in [1.82, 2.24) is 4.98 Å². The molecule has 7 nitrogen and oxygen atoms in total. The highest BCUT2D eigenvalue weighted by molar-refractivity contribution is 6.01. The van der Waals surface area contributed by atoms with Crippen LogP contribution in [0.1, 0.15) is 11.6 Å². The molecule has 162 valence electrons. The standard InChI is InChI=1S/C25H24N4O3/c30-16-23(18-4-2-1-3-5-18)29-12-13-32-24-9-8-20(15-22(24)29)28-25(31)27-19-7-6-17-10-11-26-21(17)14-19/h1-11,14-15,23,26,30H,12-13,16H2,(H2,27,28,31). The van der Waals surface area contributed by atoms with Crippen molar-refractivity contribution in [3.63, 3.8) is 0 Å². The predicted molar refractivity (Wildman–Crippen MR) is 126 cm³/mol. The number of urea groups is 1. The van der Waals surface area contributed by atoms with Gasteiger partial charge >= 0.3 is 6.03 Å². The quantitative estimate of drug-likeness (QED) is 0.370. The van der Waals surface area contributed by atoms with Gasteiger partial charge in [-0.15, -0.1) is 0 Å². The van der Waals surface area contributed by atoms with E-state index >= 15 is 0 Å². The topological polar surface area (TPSA) is 89.6 Å². The van der Waals surface area contributed by atoms with Crippen LogP contribution in [0.2, 0.25) is 0 Å². The number of anilines is 3. The SMILES string of the molecule is O=C(Nc1ccc2c(c1)N(C(CO)c1ccccc1)CCO2)Nc1ccc2cc[nH]c2c1. The lowest BCUT2D eigenvalue weighted by molar-refractivity contribution is 0.242. The molecule has 0 spiro atoms. The van der Waals surface area contributed by atoms with Gasteiger partial charge in [-0.25, -0.2) is 4.79 Å². The van der Waals surface area contributed by atoms with Gasteiger partial charge in [-0.2, -0.15) is 0 Å². The molecule has 7 heteroatoms. The third-order valence-corrected chi connectivity index (χ3v) is 5.66. The van der Waals surface area contributed by atoms with Gasteiger partial charge in [0.1, 0.15) is 12.4 Å². The van der Waals surface area contributed by atoms with Crippen molar-refractivity contribution in [2.24, 2.45) is 0 Å². The van der Waals surface area contributed by atoms with Gasteiger partial charge in [0.15, 0.2) is 0 Å². The van der Waals surface area contributed by atoms with E-state index in [-0.39, 0.29) is 18.7 Å². The van der Waals surface area contributed by atoms with Crippen molar-refractivity contribution in [2.45, 2.75) is 6.04 Å². The van der Waals surface area contributed by atoms with E-state index in [0.29, 0.717) is 24.5 Å². The van der Waals surface area contributed by atoms with Gasteiger partial charge < -0.3 is 30.4 Å². The van der Waals surface area contributed by atoms with Crippen LogP contribution in [0, 0.1) is 0 Å². The normalized spacial score (nSPS) is 13.8. The van der Waals surface area contributed by atoms with Gasteiger partial charge in [0.2, 0.25) is 0 Å². The number of H-pyrrole nitrogens is 1. The fourth-order valence-electron chi connectivity index (χ4n) is 4.12. The van der Waals surface area contributed by atoms with Crippen LogP contribution in [0.5, 0.6) is 5.75 Å². The first-order valence-corrected chi connectivity index (χ1v) is 10.6. The Bertz CT molecular complexity index is 1240. The minimum absolute atomic E-state index is 0.0250. The monoisotopic (exact) mass is 428 g/mol. The Kier molecular flexibility index (Phi) is 5.39. The molecule has 2 amide bonds. The zero-order valence-corrected chi connectivity index (χ0v) is 17.4. The number of fused-ring (bicyclic) bond motifs is 2. The van der Waals surface area contributed by atoms with E-state index in [9.17, 15) is 9.90 Å². The molecule has 2 heterocycles. The molecule has 1 atom stereocenters. The van der Waals surface area contributed by atoms with Crippen LogP contribution < -0.4 is 20.3 Å². The molecule has 0 saturated carbocycles. The third-order valence-electron chi connectivity index (χ3n) is 5.66. The first-order valence-electron chi connectivity index (χ1n) is 10.6. The number of aromatic amines is 1. The summed E-state index contributed by atoms with van der Waals surface area (Å²) in [4.78, 5) is 17.9. The van der Waals surface area contributed by atoms with Gasteiger partial charge in [0.05, 0.1) is 24.9 Å². The second-order valence-electron chi connectivity index (χ2n) is 7.69. The molecular formula is C25H24N4O3. The van der Waals surface area contributed by atoms with Crippen molar-refractivity contribution in [3.05, 3.63) is 84.6 Å². The molecule has 1 aliphatic rings. The van der Waals surface area contributed by atoms with Crippen LogP contribution in [0.15, 0.2) is 79.0 Å². The molecule has 1 unspecified atom stereocenters. The van der Waals surface area contributed by atoms with Crippen molar-refractivity contribution >= 4 is 34.0 Å². The smallest absolute Gasteiger partial charge is 0.323 e. The minimum atomic E-state index is -0.332. The molecule has 0 saturated heterocycles. The molecule has 0 bridgehead atoms. The Balaban J connectivity index is 1.36. The second-order valence-corrected chi connectivity index (χ2v) is 7.69. The van der Waals surface area contributed by atoms with Crippen LogP contribution in [0.25, 0.3) is 10.9 Å². The summed E-state index contributed by atoms with van der Waals surface area (Å²) in [5, 5.41) is 17.0. The number of amides is 2. The van der Waals surface area contributed by atoms with E-state index in [0.717, 1.165) is 27.9 Å². The summed E-state index contributed by atoms with van der Waals surface area (Å²) in [6.45, 7) is 1.15. The van der Waals surface area contributed by atoms with Crippen molar-refractivity contribution < 1.29 is 14.6 Å². The van der Waals surface area contributed by atoms with Crippen LogP contribution in [0.3, 0.4) is 0 Å². The summed E-state index contributed by atoms with van der Waals surface area (Å²) in [6.07, 6.45) is 1.87. The molecule has 3 aromatic carbocycles. The predicted octanol–water partition coefficient (Wildman–Crippen LogP) is 4.74. The Morgan fingerprint density at radius 1 is 1.03 bits per heavy atom. The highest BCUT2D eigenvalue weighted by atomic mass is 16.5. The molecule has 0 radical (unpaired) electrons. The number of hydrogen-bond acceptors (Lipinski definition) is 4. The molecule has 4 N–H and O–H groups in total. The van der Waals surface area contributed by atoms with Gasteiger partial charge in [-0.3, -0.25) is 0 Å². The van der Waals surface area contributed by atoms with E-state index in [4.69, 9.17) is 4.74 Å². The lowest BCUT2D eigenvalue weighted by Gasteiger charge is -2.37. The lowest BCUT2D eigenvalue weighted by atomic mass is 10.0. The molecule has 4 aromatic rings. The number of carbonyl (C=O) groups is 1. The van der Waals surface area contributed by atoms with Crippen molar-refractivity contribution in [2.75, 3.05) is 35.3 Å². The highest BCUT2D eigenvalue weighted by Gasteiger charge is 2.26. The zero-order valence-electron chi connectivity index (χ0n) is 17.4. The van der Waals surface area contributed by atoms with Gasteiger partial charge in [-0.1, -0.05) is 36.4 Å². The fraction of sp³-hybridized carbons (Fsp3) is 0.160. The average Bonchev–Trinajstić information content (AvgIpc) is 3.28. The van der Waals surface area contributed by atoms with Gasteiger partial charge in [0.25, 0.3) is 0 Å². The van der Waals surface area contributed by atoms with Crippen LogP contribution >= 0.6 is 0 Å². The van der Waals surface area contributed by atoms with Crippen LogP contribution in [-0.4, -0.2) is 35.9 Å². The third kappa shape index (κ3) is 3.98. The Morgan fingerprint density at radius 3 is 2.62 bits per heavy atom. The van der Waals surface area contributed by atoms with E-state index in [1.165, 1.54) is 0 Å². The Hall–Kier alpha value is -3.97. The molecule has 32 heavy (non-hydrogen) atoms. The number of ether oxygens (including phenoxy) is 1. The van der Waals surface area contributed by atoms with Crippen molar-refractivity contribution in [3.8, 4) is 5.75 Å². The fourth-order valence-corrected chi connectivity index (χ4v) is 4.12. The van der Waals surface area contributed by atoms with E-state index in [1.54, 1.807) is 0 Å². The first-order chi connectivity index (χ1) is 15.7. The molecule has 5 rings (SSSR count). The van der Waals surface area contributed by atoms with E-state index < -0.39 is 0 Å².